The first kappa shape index (κ1) is 12.9. The van der Waals surface area contributed by atoms with E-state index in [9.17, 15) is 4.79 Å². The van der Waals surface area contributed by atoms with Crippen molar-refractivity contribution in [3.05, 3.63) is 23.3 Å². The van der Waals surface area contributed by atoms with Crippen LogP contribution in [-0.2, 0) is 4.74 Å². The van der Waals surface area contributed by atoms with Gasteiger partial charge >= 0.3 is 0 Å². The molecule has 0 radical (unpaired) electrons. The maximum atomic E-state index is 11.0. The Kier molecular flexibility index (Phi) is 3.87. The van der Waals surface area contributed by atoms with Crippen LogP contribution in [0.5, 0.6) is 5.75 Å². The molecule has 0 N–H and O–H groups in total. The molecule has 0 aromatic heterocycles. The van der Waals surface area contributed by atoms with Crippen molar-refractivity contribution in [3.8, 4) is 5.75 Å². The van der Waals surface area contributed by atoms with Crippen LogP contribution >= 0.6 is 0 Å². The average Bonchev–Trinajstić information content (AvgIpc) is 2.39. The molecule has 1 atom stereocenters. The van der Waals surface area contributed by atoms with E-state index in [0.29, 0.717) is 12.2 Å². The second-order valence-corrected chi connectivity index (χ2v) is 4.61. The first-order valence-corrected chi connectivity index (χ1v) is 6.16. The van der Waals surface area contributed by atoms with Gasteiger partial charge in [0.1, 0.15) is 12.0 Å². The molecule has 98 valence electrons. The molecule has 1 aromatic carbocycles. The Labute approximate surface area is 107 Å². The number of morpholine rings is 1. The summed E-state index contributed by atoms with van der Waals surface area (Å²) in [7, 11) is 1.63. The van der Waals surface area contributed by atoms with Crippen molar-refractivity contribution in [1.82, 2.24) is 0 Å². The zero-order valence-corrected chi connectivity index (χ0v) is 11.1. The highest BCUT2D eigenvalue weighted by molar-refractivity contribution is 5.80. The number of hydrogen-bond donors (Lipinski definition) is 0. The van der Waals surface area contributed by atoms with E-state index in [4.69, 9.17) is 9.47 Å². The highest BCUT2D eigenvalue weighted by atomic mass is 16.5. The summed E-state index contributed by atoms with van der Waals surface area (Å²) in [4.78, 5) is 13.2. The number of benzene rings is 1. The minimum Gasteiger partial charge on any atom is -0.496 e. The minimum absolute atomic E-state index is 0.212. The molecule has 2 rings (SSSR count). The predicted molar refractivity (Wildman–Crippen MR) is 70.7 cm³/mol. The van der Waals surface area contributed by atoms with Crippen molar-refractivity contribution in [1.29, 1.82) is 0 Å². The fourth-order valence-corrected chi connectivity index (χ4v) is 2.34. The third kappa shape index (κ3) is 2.48. The molecule has 0 amide bonds. The molecule has 1 aromatic rings. The molecular formula is C14H19NO3. The third-order valence-corrected chi connectivity index (χ3v) is 3.29. The van der Waals surface area contributed by atoms with Gasteiger partial charge in [-0.15, -0.1) is 0 Å². The summed E-state index contributed by atoms with van der Waals surface area (Å²) in [5, 5.41) is 0. The normalized spacial score (nSPS) is 19.7. The Balaban J connectivity index is 2.38. The predicted octanol–water partition coefficient (Wildman–Crippen LogP) is 2.04. The minimum atomic E-state index is 0.212. The summed E-state index contributed by atoms with van der Waals surface area (Å²) < 4.78 is 10.9. The highest BCUT2D eigenvalue weighted by Crippen LogP contribution is 2.31. The fourth-order valence-electron chi connectivity index (χ4n) is 2.34. The van der Waals surface area contributed by atoms with Gasteiger partial charge in [-0.3, -0.25) is 4.79 Å². The Hall–Kier alpha value is -1.55. The van der Waals surface area contributed by atoms with Gasteiger partial charge in [-0.25, -0.2) is 0 Å². The zero-order valence-electron chi connectivity index (χ0n) is 11.1. The lowest BCUT2D eigenvalue weighted by Crippen LogP contribution is -2.41. The Morgan fingerprint density at radius 1 is 1.50 bits per heavy atom. The average molecular weight is 249 g/mol. The highest BCUT2D eigenvalue weighted by Gasteiger charge is 2.20. The van der Waals surface area contributed by atoms with E-state index < -0.39 is 0 Å². The van der Waals surface area contributed by atoms with E-state index in [0.717, 1.165) is 36.4 Å². The summed E-state index contributed by atoms with van der Waals surface area (Å²) in [5.41, 5.74) is 2.77. The van der Waals surface area contributed by atoms with Crippen molar-refractivity contribution in [2.24, 2.45) is 0 Å². The van der Waals surface area contributed by atoms with E-state index in [1.165, 1.54) is 0 Å². The number of aldehydes is 1. The maximum absolute atomic E-state index is 11.0. The molecule has 0 bridgehead atoms. The number of carbonyl (C=O) groups is 1. The van der Waals surface area contributed by atoms with Crippen molar-refractivity contribution in [3.63, 3.8) is 0 Å². The SMILES string of the molecule is COc1cc(C=O)cc(N2CCOC(C)C2)c1C. The quantitative estimate of drug-likeness (QED) is 0.768. The van der Waals surface area contributed by atoms with Crippen LogP contribution in [-0.4, -0.2) is 39.2 Å². The molecule has 0 spiro atoms. The van der Waals surface area contributed by atoms with Gasteiger partial charge in [-0.2, -0.15) is 0 Å². The van der Waals surface area contributed by atoms with Gasteiger partial charge in [0.25, 0.3) is 0 Å². The molecule has 1 saturated heterocycles. The van der Waals surface area contributed by atoms with Gasteiger partial charge in [-0.1, -0.05) is 0 Å². The lowest BCUT2D eigenvalue weighted by molar-refractivity contribution is 0.0532. The summed E-state index contributed by atoms with van der Waals surface area (Å²) in [6.07, 6.45) is 1.07. The lowest BCUT2D eigenvalue weighted by atomic mass is 10.1. The summed E-state index contributed by atoms with van der Waals surface area (Å²) in [6, 6.07) is 3.69. The first-order chi connectivity index (χ1) is 8.65. The molecule has 1 aliphatic heterocycles. The summed E-state index contributed by atoms with van der Waals surface area (Å²) in [6.45, 7) is 6.47. The van der Waals surface area contributed by atoms with E-state index in [1.54, 1.807) is 13.2 Å². The van der Waals surface area contributed by atoms with E-state index in [1.807, 2.05) is 13.0 Å². The van der Waals surface area contributed by atoms with Crippen LogP contribution in [0.1, 0.15) is 22.8 Å². The fraction of sp³-hybridized carbons (Fsp3) is 0.500. The monoisotopic (exact) mass is 249 g/mol. The second-order valence-electron chi connectivity index (χ2n) is 4.61. The summed E-state index contributed by atoms with van der Waals surface area (Å²) >= 11 is 0. The lowest BCUT2D eigenvalue weighted by Gasteiger charge is -2.34. The molecule has 18 heavy (non-hydrogen) atoms. The number of nitrogens with zero attached hydrogens (tertiary/aromatic N) is 1. The van der Waals surface area contributed by atoms with E-state index in [-0.39, 0.29) is 6.10 Å². The van der Waals surface area contributed by atoms with E-state index in [2.05, 4.69) is 11.8 Å². The van der Waals surface area contributed by atoms with Gasteiger partial charge in [0.2, 0.25) is 0 Å². The Bertz CT molecular complexity index is 445. The number of rotatable bonds is 3. The van der Waals surface area contributed by atoms with Crippen LogP contribution in [0.15, 0.2) is 12.1 Å². The number of anilines is 1. The third-order valence-electron chi connectivity index (χ3n) is 3.29. The zero-order chi connectivity index (χ0) is 13.1. The number of carbonyl (C=O) groups excluding carboxylic acids is 1. The smallest absolute Gasteiger partial charge is 0.150 e. The molecule has 0 saturated carbocycles. The van der Waals surface area contributed by atoms with Crippen molar-refractivity contribution >= 4 is 12.0 Å². The molecule has 1 fully saturated rings. The number of ether oxygens (including phenoxy) is 2. The Morgan fingerprint density at radius 2 is 2.28 bits per heavy atom. The van der Waals surface area contributed by atoms with Crippen LogP contribution < -0.4 is 9.64 Å². The molecule has 1 aliphatic rings. The molecule has 4 heteroatoms. The largest absolute Gasteiger partial charge is 0.496 e. The Morgan fingerprint density at radius 3 is 2.89 bits per heavy atom. The van der Waals surface area contributed by atoms with Gasteiger partial charge in [0.05, 0.1) is 19.8 Å². The van der Waals surface area contributed by atoms with Crippen LogP contribution in [0.4, 0.5) is 5.69 Å². The van der Waals surface area contributed by atoms with Crippen LogP contribution in [0.25, 0.3) is 0 Å². The second kappa shape index (κ2) is 5.40. The van der Waals surface area contributed by atoms with Gasteiger partial charge in [0, 0.05) is 29.9 Å². The maximum Gasteiger partial charge on any atom is 0.150 e. The van der Waals surface area contributed by atoms with Crippen molar-refractivity contribution in [2.75, 3.05) is 31.7 Å². The summed E-state index contributed by atoms with van der Waals surface area (Å²) in [5.74, 6) is 0.758. The molecule has 0 aliphatic carbocycles. The van der Waals surface area contributed by atoms with Crippen LogP contribution in [0.3, 0.4) is 0 Å². The molecule has 1 unspecified atom stereocenters. The van der Waals surface area contributed by atoms with Gasteiger partial charge in [-0.05, 0) is 26.0 Å². The molecule has 4 nitrogen and oxygen atoms in total. The van der Waals surface area contributed by atoms with Crippen LogP contribution in [0, 0.1) is 6.92 Å². The molecule has 1 heterocycles. The van der Waals surface area contributed by atoms with Crippen LogP contribution in [0.2, 0.25) is 0 Å². The van der Waals surface area contributed by atoms with E-state index >= 15 is 0 Å². The van der Waals surface area contributed by atoms with Gasteiger partial charge in [0.15, 0.2) is 0 Å². The molecular weight excluding hydrogens is 230 g/mol. The standard InChI is InChI=1S/C14H19NO3/c1-10-8-15(4-5-18-10)13-6-12(9-16)7-14(17-3)11(13)2/h6-7,9-10H,4-5,8H2,1-3H3. The number of methoxy groups -OCH3 is 1. The first-order valence-electron chi connectivity index (χ1n) is 6.16. The van der Waals surface area contributed by atoms with Crippen molar-refractivity contribution < 1.29 is 14.3 Å². The van der Waals surface area contributed by atoms with Gasteiger partial charge < -0.3 is 14.4 Å². The topological polar surface area (TPSA) is 38.8 Å². The van der Waals surface area contributed by atoms with Crippen molar-refractivity contribution in [2.45, 2.75) is 20.0 Å². The number of hydrogen-bond acceptors (Lipinski definition) is 4.